The molecule has 1 aliphatic rings. The van der Waals surface area contributed by atoms with E-state index in [1.54, 1.807) is 7.11 Å². The molecular weight excluding hydrogens is 250 g/mol. The van der Waals surface area contributed by atoms with Crippen LogP contribution in [0.2, 0.25) is 0 Å². The molecule has 0 saturated carbocycles. The Labute approximate surface area is 122 Å². The van der Waals surface area contributed by atoms with Crippen LogP contribution in [0, 0.1) is 0 Å². The number of nitrogens with two attached hydrogens (primary N) is 1. The van der Waals surface area contributed by atoms with Gasteiger partial charge in [-0.25, -0.2) is 0 Å². The summed E-state index contributed by atoms with van der Waals surface area (Å²) in [7, 11) is 3.88. The van der Waals surface area contributed by atoms with Crippen LogP contribution in [0.25, 0.3) is 0 Å². The first kappa shape index (κ1) is 15.1. The Bertz CT molecular complexity index is 436. The third kappa shape index (κ3) is 3.64. The van der Waals surface area contributed by atoms with Gasteiger partial charge in [0.1, 0.15) is 5.75 Å². The summed E-state index contributed by atoms with van der Waals surface area (Å²) in [6.07, 6.45) is 2.65. The van der Waals surface area contributed by atoms with E-state index in [-0.39, 0.29) is 0 Å². The van der Waals surface area contributed by atoms with E-state index in [1.807, 2.05) is 12.1 Å². The van der Waals surface area contributed by atoms with E-state index in [0.717, 1.165) is 31.1 Å². The highest BCUT2D eigenvalue weighted by Crippen LogP contribution is 2.24. The predicted octanol–water partition coefficient (Wildman–Crippen LogP) is 2.19. The molecule has 1 fully saturated rings. The van der Waals surface area contributed by atoms with Crippen LogP contribution in [0.15, 0.2) is 18.2 Å². The van der Waals surface area contributed by atoms with Crippen LogP contribution in [0.3, 0.4) is 0 Å². The smallest absolute Gasteiger partial charge is 0.125 e. The number of nitrogen functional groups attached to an aromatic ring is 1. The van der Waals surface area contributed by atoms with Crippen molar-refractivity contribution in [2.24, 2.45) is 0 Å². The highest BCUT2D eigenvalue weighted by Gasteiger charge is 2.24. The Kier molecular flexibility index (Phi) is 5.26. The number of likely N-dealkylation sites (tertiary alicyclic amines) is 1. The largest absolute Gasteiger partial charge is 0.496 e. The first-order valence-electron chi connectivity index (χ1n) is 7.49. The number of nitrogens with zero attached hydrogens (tertiary/aromatic N) is 2. The number of ether oxygens (including phenoxy) is 1. The lowest BCUT2D eigenvalue weighted by Crippen LogP contribution is -2.38. The van der Waals surface area contributed by atoms with Crippen molar-refractivity contribution < 1.29 is 4.74 Å². The summed E-state index contributed by atoms with van der Waals surface area (Å²) in [5, 5.41) is 0. The van der Waals surface area contributed by atoms with Gasteiger partial charge in [-0.15, -0.1) is 0 Å². The molecule has 0 aliphatic carbocycles. The third-order valence-corrected chi connectivity index (χ3v) is 4.18. The molecule has 1 aliphatic heterocycles. The minimum atomic E-state index is 0.699. The Balaban J connectivity index is 1.95. The number of benzene rings is 1. The Morgan fingerprint density at radius 1 is 1.45 bits per heavy atom. The number of likely N-dealkylation sites (N-methyl/N-ethyl adjacent to an activating group) is 2. The molecule has 1 aromatic rings. The van der Waals surface area contributed by atoms with Crippen molar-refractivity contribution in [3.8, 4) is 5.75 Å². The van der Waals surface area contributed by atoms with E-state index >= 15 is 0 Å². The van der Waals surface area contributed by atoms with Crippen molar-refractivity contribution in [2.75, 3.05) is 39.5 Å². The van der Waals surface area contributed by atoms with E-state index in [2.05, 4.69) is 29.8 Å². The van der Waals surface area contributed by atoms with Crippen LogP contribution in [0.1, 0.15) is 25.3 Å². The standard InChI is InChI=1S/C16H27N3O/c1-4-19-9-5-6-15(19)12-18(2)11-13-7-8-14(17)10-16(13)20-3/h7-8,10,15H,4-6,9,11-12,17H2,1-3H3. The number of hydrogen-bond donors (Lipinski definition) is 1. The van der Waals surface area contributed by atoms with Gasteiger partial charge in [0.15, 0.2) is 0 Å². The average Bonchev–Trinajstić information content (AvgIpc) is 2.87. The van der Waals surface area contributed by atoms with Crippen LogP contribution in [0.4, 0.5) is 5.69 Å². The normalized spacial score (nSPS) is 19.7. The maximum Gasteiger partial charge on any atom is 0.125 e. The molecule has 1 atom stereocenters. The second-order valence-corrected chi connectivity index (χ2v) is 5.69. The zero-order chi connectivity index (χ0) is 14.5. The second-order valence-electron chi connectivity index (χ2n) is 5.69. The number of hydrogen-bond acceptors (Lipinski definition) is 4. The van der Waals surface area contributed by atoms with Gasteiger partial charge < -0.3 is 15.4 Å². The Hall–Kier alpha value is -1.26. The van der Waals surface area contributed by atoms with Crippen LogP contribution in [-0.2, 0) is 6.54 Å². The van der Waals surface area contributed by atoms with Gasteiger partial charge in [-0.3, -0.25) is 4.90 Å². The number of rotatable bonds is 6. The second kappa shape index (κ2) is 6.95. The molecule has 0 bridgehead atoms. The zero-order valence-electron chi connectivity index (χ0n) is 12.9. The minimum absolute atomic E-state index is 0.699. The molecule has 0 aromatic heterocycles. The molecule has 20 heavy (non-hydrogen) atoms. The van der Waals surface area contributed by atoms with E-state index < -0.39 is 0 Å². The van der Waals surface area contributed by atoms with Crippen molar-refractivity contribution in [1.82, 2.24) is 9.80 Å². The van der Waals surface area contributed by atoms with Crippen molar-refractivity contribution in [2.45, 2.75) is 32.4 Å². The third-order valence-electron chi connectivity index (χ3n) is 4.18. The molecule has 0 amide bonds. The number of anilines is 1. The fraction of sp³-hybridized carbons (Fsp3) is 0.625. The maximum absolute atomic E-state index is 5.80. The van der Waals surface area contributed by atoms with Crippen LogP contribution >= 0.6 is 0 Å². The monoisotopic (exact) mass is 277 g/mol. The average molecular weight is 277 g/mol. The molecule has 112 valence electrons. The fourth-order valence-electron chi connectivity index (χ4n) is 3.13. The van der Waals surface area contributed by atoms with E-state index in [1.165, 1.54) is 24.9 Å². The molecule has 1 saturated heterocycles. The van der Waals surface area contributed by atoms with Gasteiger partial charge in [0.05, 0.1) is 7.11 Å². The van der Waals surface area contributed by atoms with Gasteiger partial charge in [-0.2, -0.15) is 0 Å². The van der Waals surface area contributed by atoms with Crippen molar-refractivity contribution in [3.63, 3.8) is 0 Å². The maximum atomic E-state index is 5.80. The molecule has 4 nitrogen and oxygen atoms in total. The summed E-state index contributed by atoms with van der Waals surface area (Å²) in [4.78, 5) is 4.96. The molecule has 2 N–H and O–H groups in total. The highest BCUT2D eigenvalue weighted by atomic mass is 16.5. The van der Waals surface area contributed by atoms with Gasteiger partial charge in [-0.1, -0.05) is 13.0 Å². The molecule has 1 heterocycles. The topological polar surface area (TPSA) is 41.7 Å². The van der Waals surface area contributed by atoms with E-state index in [9.17, 15) is 0 Å². The summed E-state index contributed by atoms with van der Waals surface area (Å²) in [5.41, 5.74) is 7.75. The van der Waals surface area contributed by atoms with Crippen LogP contribution < -0.4 is 10.5 Å². The van der Waals surface area contributed by atoms with E-state index in [4.69, 9.17) is 10.5 Å². The molecule has 1 aromatic carbocycles. The van der Waals surface area contributed by atoms with Crippen LogP contribution in [0.5, 0.6) is 5.75 Å². The quantitative estimate of drug-likeness (QED) is 0.809. The lowest BCUT2D eigenvalue weighted by atomic mass is 10.1. The van der Waals surface area contributed by atoms with Gasteiger partial charge in [0, 0.05) is 36.4 Å². The summed E-state index contributed by atoms with van der Waals surface area (Å²) in [6.45, 7) is 6.67. The zero-order valence-corrected chi connectivity index (χ0v) is 12.9. The Morgan fingerprint density at radius 2 is 2.25 bits per heavy atom. The van der Waals surface area contributed by atoms with Gasteiger partial charge >= 0.3 is 0 Å². The molecule has 0 spiro atoms. The fourth-order valence-corrected chi connectivity index (χ4v) is 3.13. The van der Waals surface area contributed by atoms with Gasteiger partial charge in [-0.05, 0) is 39.0 Å². The SMILES string of the molecule is CCN1CCCC1CN(C)Cc1ccc(N)cc1OC. The van der Waals surface area contributed by atoms with Gasteiger partial charge in [0.25, 0.3) is 0 Å². The van der Waals surface area contributed by atoms with Crippen molar-refractivity contribution in [1.29, 1.82) is 0 Å². The lowest BCUT2D eigenvalue weighted by molar-refractivity contribution is 0.193. The van der Waals surface area contributed by atoms with Crippen molar-refractivity contribution >= 4 is 5.69 Å². The molecule has 0 radical (unpaired) electrons. The lowest BCUT2D eigenvalue weighted by Gasteiger charge is -2.28. The van der Waals surface area contributed by atoms with Crippen molar-refractivity contribution in [3.05, 3.63) is 23.8 Å². The molecule has 4 heteroatoms. The Morgan fingerprint density at radius 3 is 2.95 bits per heavy atom. The summed E-state index contributed by atoms with van der Waals surface area (Å²) >= 11 is 0. The predicted molar refractivity (Wildman–Crippen MR) is 84.0 cm³/mol. The molecule has 1 unspecified atom stereocenters. The summed E-state index contributed by atoms with van der Waals surface area (Å²) in [6, 6.07) is 6.61. The highest BCUT2D eigenvalue weighted by molar-refractivity contribution is 5.48. The van der Waals surface area contributed by atoms with Crippen LogP contribution in [-0.4, -0.2) is 49.6 Å². The first-order chi connectivity index (χ1) is 9.63. The summed E-state index contributed by atoms with van der Waals surface area (Å²) in [5.74, 6) is 0.885. The summed E-state index contributed by atoms with van der Waals surface area (Å²) < 4.78 is 5.42. The first-order valence-corrected chi connectivity index (χ1v) is 7.49. The number of methoxy groups -OCH3 is 1. The molecule has 2 rings (SSSR count). The van der Waals surface area contributed by atoms with Gasteiger partial charge in [0.2, 0.25) is 0 Å². The minimum Gasteiger partial charge on any atom is -0.496 e. The van der Waals surface area contributed by atoms with E-state index in [0.29, 0.717) is 6.04 Å². The molecular formula is C16H27N3O.